The molecule has 0 rings (SSSR count). The van der Waals surface area contributed by atoms with Gasteiger partial charge in [0.25, 0.3) is 0 Å². The van der Waals surface area contributed by atoms with E-state index in [0.29, 0.717) is 0 Å². The Bertz CT molecular complexity index is 84.2. The van der Waals surface area contributed by atoms with E-state index >= 15 is 0 Å². The predicted molar refractivity (Wildman–Crippen MR) is 30.6 cm³/mol. The molecule has 0 heterocycles. The SMILES string of the molecule is FCC(Cl)=C(Cl)Cl. The minimum atomic E-state index is -0.802. The molecule has 0 saturated carbocycles. The largest absolute Gasteiger partial charge is 0.245 e. The highest BCUT2D eigenvalue weighted by Crippen LogP contribution is 2.17. The summed E-state index contributed by atoms with van der Waals surface area (Å²) in [6.07, 6.45) is 0. The molecular weight excluding hydrogens is 161 g/mol. The van der Waals surface area contributed by atoms with Gasteiger partial charge in [-0.1, -0.05) is 34.8 Å². The molecule has 0 aromatic carbocycles. The van der Waals surface area contributed by atoms with Crippen molar-refractivity contribution in [3.8, 4) is 0 Å². The van der Waals surface area contributed by atoms with Gasteiger partial charge in [-0.2, -0.15) is 0 Å². The van der Waals surface area contributed by atoms with Gasteiger partial charge >= 0.3 is 0 Å². The zero-order valence-corrected chi connectivity index (χ0v) is 5.49. The van der Waals surface area contributed by atoms with Crippen molar-refractivity contribution in [2.75, 3.05) is 6.67 Å². The summed E-state index contributed by atoms with van der Waals surface area (Å²) in [5, 5.41) is -0.150. The molecule has 0 amide bonds. The van der Waals surface area contributed by atoms with Crippen molar-refractivity contribution >= 4 is 34.8 Å². The Balaban J connectivity index is 3.72. The van der Waals surface area contributed by atoms with Crippen LogP contribution in [-0.4, -0.2) is 6.67 Å². The van der Waals surface area contributed by atoms with E-state index in [-0.39, 0.29) is 9.52 Å². The van der Waals surface area contributed by atoms with Crippen LogP contribution in [0.2, 0.25) is 0 Å². The number of halogens is 4. The maximum absolute atomic E-state index is 11.3. The summed E-state index contributed by atoms with van der Waals surface area (Å²) in [6, 6.07) is 0. The molecule has 0 unspecified atom stereocenters. The van der Waals surface area contributed by atoms with E-state index in [1.807, 2.05) is 0 Å². The van der Waals surface area contributed by atoms with Crippen LogP contribution in [0.15, 0.2) is 9.52 Å². The van der Waals surface area contributed by atoms with Gasteiger partial charge in [-0.15, -0.1) is 0 Å². The average molecular weight is 163 g/mol. The fourth-order valence-corrected chi connectivity index (χ4v) is 0.152. The van der Waals surface area contributed by atoms with Gasteiger partial charge in [0.15, 0.2) is 0 Å². The highest BCUT2D eigenvalue weighted by atomic mass is 35.5. The summed E-state index contributed by atoms with van der Waals surface area (Å²) in [5.41, 5.74) is 0. The molecule has 0 aliphatic rings. The fourth-order valence-electron chi connectivity index (χ4n) is 0.0505. The third-order valence-corrected chi connectivity index (χ3v) is 1.26. The van der Waals surface area contributed by atoms with Crippen LogP contribution < -0.4 is 0 Å². The number of rotatable bonds is 1. The zero-order chi connectivity index (χ0) is 5.86. The van der Waals surface area contributed by atoms with Gasteiger partial charge in [0.1, 0.15) is 11.2 Å². The second-order valence-corrected chi connectivity index (χ2v) is 2.20. The van der Waals surface area contributed by atoms with Crippen molar-refractivity contribution in [1.29, 1.82) is 0 Å². The Morgan fingerprint density at radius 1 is 1.29 bits per heavy atom. The first kappa shape index (κ1) is 7.54. The zero-order valence-electron chi connectivity index (χ0n) is 3.22. The first-order valence-electron chi connectivity index (χ1n) is 1.44. The number of allylic oxidation sites excluding steroid dienone is 1. The lowest BCUT2D eigenvalue weighted by molar-refractivity contribution is 0.556. The van der Waals surface area contributed by atoms with Crippen molar-refractivity contribution in [2.24, 2.45) is 0 Å². The maximum Gasteiger partial charge on any atom is 0.127 e. The van der Waals surface area contributed by atoms with Crippen LogP contribution in [0.4, 0.5) is 4.39 Å². The first-order valence-corrected chi connectivity index (χ1v) is 2.57. The van der Waals surface area contributed by atoms with Crippen molar-refractivity contribution in [3.05, 3.63) is 9.52 Å². The van der Waals surface area contributed by atoms with Crippen LogP contribution in [0.1, 0.15) is 0 Å². The maximum atomic E-state index is 11.3. The summed E-state index contributed by atoms with van der Waals surface area (Å²) in [6.45, 7) is -0.802. The molecule has 0 aromatic heterocycles. The van der Waals surface area contributed by atoms with Crippen molar-refractivity contribution < 1.29 is 4.39 Å². The lowest BCUT2D eigenvalue weighted by Gasteiger charge is -1.84. The minimum absolute atomic E-state index is 0.150. The van der Waals surface area contributed by atoms with E-state index in [4.69, 9.17) is 34.8 Å². The molecular formula is C3H2Cl3F. The van der Waals surface area contributed by atoms with E-state index in [9.17, 15) is 4.39 Å². The smallest absolute Gasteiger partial charge is 0.127 e. The molecule has 0 aromatic rings. The number of hydrogen-bond donors (Lipinski definition) is 0. The first-order chi connectivity index (χ1) is 3.18. The molecule has 0 saturated heterocycles. The van der Waals surface area contributed by atoms with Crippen LogP contribution in [0.25, 0.3) is 0 Å². The Morgan fingerprint density at radius 3 is 1.71 bits per heavy atom. The normalized spacial score (nSPS) is 8.57. The molecule has 0 radical (unpaired) electrons. The van der Waals surface area contributed by atoms with Crippen molar-refractivity contribution in [3.63, 3.8) is 0 Å². The second kappa shape index (κ2) is 3.53. The van der Waals surface area contributed by atoms with Gasteiger partial charge in [0, 0.05) is 0 Å². The van der Waals surface area contributed by atoms with E-state index in [0.717, 1.165) is 0 Å². The summed E-state index contributed by atoms with van der Waals surface area (Å²) in [4.78, 5) is 0. The second-order valence-electron chi connectivity index (χ2n) is 0.799. The molecule has 0 aliphatic carbocycles. The molecule has 7 heavy (non-hydrogen) atoms. The Labute approximate surface area is 55.9 Å². The van der Waals surface area contributed by atoms with Crippen LogP contribution in [0.5, 0.6) is 0 Å². The summed E-state index contributed by atoms with van der Waals surface area (Å²) in [7, 11) is 0. The Morgan fingerprint density at radius 2 is 1.71 bits per heavy atom. The van der Waals surface area contributed by atoms with Crippen LogP contribution in [0.3, 0.4) is 0 Å². The highest BCUT2D eigenvalue weighted by molar-refractivity contribution is 6.59. The summed E-state index contributed by atoms with van der Waals surface area (Å²) < 4.78 is 11.1. The van der Waals surface area contributed by atoms with E-state index in [1.54, 1.807) is 0 Å². The van der Waals surface area contributed by atoms with Crippen molar-refractivity contribution in [2.45, 2.75) is 0 Å². The van der Waals surface area contributed by atoms with Crippen molar-refractivity contribution in [1.82, 2.24) is 0 Å². The quantitative estimate of drug-likeness (QED) is 0.558. The number of hydrogen-bond acceptors (Lipinski definition) is 0. The predicted octanol–water partition coefficient (Wildman–Crippen LogP) is 2.84. The summed E-state index contributed by atoms with van der Waals surface area (Å²) in [5.74, 6) is 0. The fraction of sp³-hybridized carbons (Fsp3) is 0.333. The van der Waals surface area contributed by atoms with Gasteiger partial charge in [-0.25, -0.2) is 4.39 Å². The molecule has 0 spiro atoms. The lowest BCUT2D eigenvalue weighted by atomic mass is 10.7. The molecule has 0 atom stereocenters. The number of alkyl halides is 1. The van der Waals surface area contributed by atoms with Gasteiger partial charge in [0.2, 0.25) is 0 Å². The molecule has 0 fully saturated rings. The monoisotopic (exact) mass is 162 g/mol. The van der Waals surface area contributed by atoms with Gasteiger partial charge in [-0.05, 0) is 0 Å². The summed E-state index contributed by atoms with van der Waals surface area (Å²) >= 11 is 15.0. The van der Waals surface area contributed by atoms with E-state index < -0.39 is 6.67 Å². The third-order valence-electron chi connectivity index (χ3n) is 0.322. The van der Waals surface area contributed by atoms with E-state index in [1.165, 1.54) is 0 Å². The third kappa shape index (κ3) is 3.15. The Kier molecular flexibility index (Phi) is 3.80. The standard InChI is InChI=1S/C3H2Cl3F/c4-2(1-7)3(5)6/h1H2. The van der Waals surface area contributed by atoms with E-state index in [2.05, 4.69) is 0 Å². The van der Waals surface area contributed by atoms with Gasteiger partial charge in [0.05, 0.1) is 5.03 Å². The molecule has 42 valence electrons. The molecule has 4 heteroatoms. The van der Waals surface area contributed by atoms with Crippen LogP contribution in [0, 0.1) is 0 Å². The average Bonchev–Trinajstić information content (AvgIpc) is 1.65. The van der Waals surface area contributed by atoms with Gasteiger partial charge < -0.3 is 0 Å². The lowest BCUT2D eigenvalue weighted by Crippen LogP contribution is -1.71. The Hall–Kier alpha value is 0.540. The highest BCUT2D eigenvalue weighted by Gasteiger charge is 1.94. The topological polar surface area (TPSA) is 0 Å². The van der Waals surface area contributed by atoms with Crippen LogP contribution >= 0.6 is 34.8 Å². The van der Waals surface area contributed by atoms with Crippen LogP contribution in [-0.2, 0) is 0 Å². The van der Waals surface area contributed by atoms with Gasteiger partial charge in [-0.3, -0.25) is 0 Å². The molecule has 0 N–H and O–H groups in total. The molecule has 0 bridgehead atoms. The minimum Gasteiger partial charge on any atom is -0.245 e. The molecule has 0 aliphatic heterocycles. The molecule has 0 nitrogen and oxygen atoms in total.